The summed E-state index contributed by atoms with van der Waals surface area (Å²) in [7, 11) is 0. The number of rotatable bonds is 15. The van der Waals surface area contributed by atoms with E-state index >= 15 is 0 Å². The van der Waals surface area contributed by atoms with Gasteiger partial charge in [-0.25, -0.2) is 0 Å². The second kappa shape index (κ2) is 16.3. The number of anilines is 1. The number of hydrogen-bond acceptors (Lipinski definition) is 3. The first-order valence-corrected chi connectivity index (χ1v) is 11.9. The molecule has 0 spiro atoms. The summed E-state index contributed by atoms with van der Waals surface area (Å²) in [5.74, 6) is -0.746. The van der Waals surface area contributed by atoms with Gasteiger partial charge < -0.3 is 5.32 Å². The molecule has 0 bridgehead atoms. The maximum atomic E-state index is 12.1. The maximum absolute atomic E-state index is 12.1. The molecule has 3 N–H and O–H groups in total. The van der Waals surface area contributed by atoms with Crippen molar-refractivity contribution >= 4 is 23.4 Å². The Hall–Kier alpha value is -2.37. The van der Waals surface area contributed by atoms with Crippen LogP contribution in [0.25, 0.3) is 0 Å². The van der Waals surface area contributed by atoms with E-state index in [0.29, 0.717) is 17.7 Å². The van der Waals surface area contributed by atoms with Crippen molar-refractivity contribution in [1.29, 1.82) is 0 Å². The Morgan fingerprint density at radius 2 is 1.26 bits per heavy atom. The van der Waals surface area contributed by atoms with Gasteiger partial charge in [0.05, 0.1) is 0 Å². The van der Waals surface area contributed by atoms with Crippen molar-refractivity contribution < 1.29 is 14.4 Å². The van der Waals surface area contributed by atoms with Crippen LogP contribution in [0.3, 0.4) is 0 Å². The van der Waals surface area contributed by atoms with Crippen molar-refractivity contribution in [2.45, 2.75) is 97.8 Å². The minimum atomic E-state index is -0.381. The Bertz CT molecular complexity index is 656. The summed E-state index contributed by atoms with van der Waals surface area (Å²) in [6.07, 6.45) is 14.0. The lowest BCUT2D eigenvalue weighted by atomic mass is 10.1. The van der Waals surface area contributed by atoms with E-state index in [1.807, 2.05) is 13.8 Å². The van der Waals surface area contributed by atoms with Gasteiger partial charge >= 0.3 is 0 Å². The third kappa shape index (κ3) is 12.8. The first-order chi connectivity index (χ1) is 14.9. The van der Waals surface area contributed by atoms with Gasteiger partial charge in [-0.1, -0.05) is 85.0 Å². The van der Waals surface area contributed by atoms with E-state index in [1.54, 1.807) is 24.3 Å². The summed E-state index contributed by atoms with van der Waals surface area (Å²) in [6, 6.07) is 6.56. The van der Waals surface area contributed by atoms with Crippen molar-refractivity contribution in [3.05, 3.63) is 29.8 Å². The second-order valence-corrected chi connectivity index (χ2v) is 8.51. The highest BCUT2D eigenvalue weighted by Crippen LogP contribution is 2.12. The molecule has 3 amide bonds. The van der Waals surface area contributed by atoms with Gasteiger partial charge in [-0.05, 0) is 30.7 Å². The summed E-state index contributed by atoms with van der Waals surface area (Å²) in [4.78, 5) is 35.7. The summed E-state index contributed by atoms with van der Waals surface area (Å²) in [5.41, 5.74) is 5.96. The predicted molar refractivity (Wildman–Crippen MR) is 127 cm³/mol. The first-order valence-electron chi connectivity index (χ1n) is 11.9. The van der Waals surface area contributed by atoms with Crippen LogP contribution in [-0.2, 0) is 9.59 Å². The van der Waals surface area contributed by atoms with Crippen LogP contribution >= 0.6 is 0 Å². The maximum Gasteiger partial charge on any atom is 0.269 e. The lowest BCUT2D eigenvalue weighted by Gasteiger charge is -2.10. The van der Waals surface area contributed by atoms with Gasteiger partial charge in [-0.3, -0.25) is 25.2 Å². The van der Waals surface area contributed by atoms with Gasteiger partial charge in [0.2, 0.25) is 11.8 Å². The van der Waals surface area contributed by atoms with Crippen molar-refractivity contribution in [2.24, 2.45) is 5.92 Å². The lowest BCUT2D eigenvalue weighted by molar-refractivity contribution is -0.122. The van der Waals surface area contributed by atoms with Crippen molar-refractivity contribution in [3.8, 4) is 0 Å². The Balaban J connectivity index is 2.10. The monoisotopic (exact) mass is 431 g/mol. The van der Waals surface area contributed by atoms with Crippen molar-refractivity contribution in [3.63, 3.8) is 0 Å². The Morgan fingerprint density at radius 3 is 1.77 bits per heavy atom. The van der Waals surface area contributed by atoms with Crippen LogP contribution in [0.5, 0.6) is 0 Å². The van der Waals surface area contributed by atoms with Crippen LogP contribution < -0.4 is 16.2 Å². The second-order valence-electron chi connectivity index (χ2n) is 8.51. The Labute approximate surface area is 187 Å². The van der Waals surface area contributed by atoms with Crippen LogP contribution in [0.1, 0.15) is 108 Å². The van der Waals surface area contributed by atoms with E-state index in [1.165, 1.54) is 51.4 Å². The van der Waals surface area contributed by atoms with E-state index in [9.17, 15) is 14.4 Å². The largest absolute Gasteiger partial charge is 0.326 e. The lowest BCUT2D eigenvalue weighted by Crippen LogP contribution is -2.41. The molecule has 1 aromatic rings. The normalized spacial score (nSPS) is 10.7. The van der Waals surface area contributed by atoms with Crippen molar-refractivity contribution in [2.75, 3.05) is 5.32 Å². The molecule has 174 valence electrons. The van der Waals surface area contributed by atoms with E-state index in [0.717, 1.165) is 19.3 Å². The third-order valence-corrected chi connectivity index (χ3v) is 5.26. The highest BCUT2D eigenvalue weighted by atomic mass is 16.2. The van der Waals surface area contributed by atoms with Crippen LogP contribution in [0.15, 0.2) is 24.3 Å². The van der Waals surface area contributed by atoms with E-state index in [2.05, 4.69) is 23.1 Å². The molecule has 0 radical (unpaired) electrons. The van der Waals surface area contributed by atoms with Gasteiger partial charge in [-0.15, -0.1) is 0 Å². The van der Waals surface area contributed by atoms with Crippen molar-refractivity contribution in [1.82, 2.24) is 10.9 Å². The number of unbranched alkanes of at least 4 members (excludes halogenated alkanes) is 10. The number of benzene rings is 1. The zero-order valence-corrected chi connectivity index (χ0v) is 19.6. The molecule has 0 aliphatic heterocycles. The molecular weight excluding hydrogens is 390 g/mol. The highest BCUT2D eigenvalue weighted by molar-refractivity contribution is 5.96. The molecule has 6 heteroatoms. The molecule has 0 saturated carbocycles. The molecular formula is C25H41N3O3. The number of nitrogens with one attached hydrogen (secondary N) is 3. The van der Waals surface area contributed by atoms with E-state index in [4.69, 9.17) is 0 Å². The Kier molecular flexibility index (Phi) is 14.1. The van der Waals surface area contributed by atoms with Crippen LogP contribution in [-0.4, -0.2) is 17.7 Å². The quantitative estimate of drug-likeness (QED) is 0.244. The highest BCUT2D eigenvalue weighted by Gasteiger charge is 2.10. The minimum absolute atomic E-state index is 0.0770. The number of carbonyl (C=O) groups excluding carboxylic acids is 3. The summed E-state index contributed by atoms with van der Waals surface area (Å²) in [5, 5.41) is 2.77. The summed E-state index contributed by atoms with van der Waals surface area (Å²) in [6.45, 7) is 5.87. The van der Waals surface area contributed by atoms with E-state index in [-0.39, 0.29) is 23.6 Å². The average molecular weight is 432 g/mol. The molecule has 1 aromatic carbocycles. The molecule has 0 aliphatic carbocycles. The Morgan fingerprint density at radius 1 is 0.742 bits per heavy atom. The zero-order valence-electron chi connectivity index (χ0n) is 19.6. The molecule has 0 atom stereocenters. The van der Waals surface area contributed by atoms with Gasteiger partial charge in [-0.2, -0.15) is 0 Å². The number of hydrazine groups is 1. The molecule has 0 unspecified atom stereocenters. The fraction of sp³-hybridized carbons (Fsp3) is 0.640. The van der Waals surface area contributed by atoms with Crippen LogP contribution in [0, 0.1) is 5.92 Å². The number of amides is 3. The fourth-order valence-corrected chi connectivity index (χ4v) is 3.20. The molecule has 31 heavy (non-hydrogen) atoms. The molecule has 0 fully saturated rings. The first kappa shape index (κ1) is 26.7. The predicted octanol–water partition coefficient (Wildman–Crippen LogP) is 5.74. The number of hydrogen-bond donors (Lipinski definition) is 3. The topological polar surface area (TPSA) is 87.3 Å². The van der Waals surface area contributed by atoms with Gasteiger partial charge in [0.1, 0.15) is 0 Å². The molecule has 0 heterocycles. The molecule has 0 aromatic heterocycles. The van der Waals surface area contributed by atoms with Gasteiger partial charge in [0, 0.05) is 23.6 Å². The van der Waals surface area contributed by atoms with Crippen LogP contribution in [0.2, 0.25) is 0 Å². The molecule has 6 nitrogen and oxygen atoms in total. The fourth-order valence-electron chi connectivity index (χ4n) is 3.20. The summed E-state index contributed by atoms with van der Waals surface area (Å²) >= 11 is 0. The molecule has 1 rings (SSSR count). The standard InChI is InChI=1S/C25H41N3O3/c1-4-5-6-7-8-9-10-11-12-13-14-15-23(29)27-28-25(31)21-16-18-22(19-17-21)26-24(30)20(2)3/h16-20H,4-15H2,1-3H3,(H,26,30)(H,27,29)(H,28,31). The summed E-state index contributed by atoms with van der Waals surface area (Å²) < 4.78 is 0. The third-order valence-electron chi connectivity index (χ3n) is 5.26. The number of carbonyl (C=O) groups is 3. The van der Waals surface area contributed by atoms with Crippen LogP contribution in [0.4, 0.5) is 5.69 Å². The van der Waals surface area contributed by atoms with E-state index < -0.39 is 0 Å². The van der Waals surface area contributed by atoms with Gasteiger partial charge in [0.15, 0.2) is 0 Å². The average Bonchev–Trinajstić information content (AvgIpc) is 2.76. The van der Waals surface area contributed by atoms with Gasteiger partial charge in [0.25, 0.3) is 5.91 Å². The zero-order chi connectivity index (χ0) is 22.9. The molecule has 0 saturated heterocycles. The SMILES string of the molecule is CCCCCCCCCCCCCC(=O)NNC(=O)c1ccc(NC(=O)C(C)C)cc1. The molecule has 0 aliphatic rings. The smallest absolute Gasteiger partial charge is 0.269 e. The minimum Gasteiger partial charge on any atom is -0.326 e.